The summed E-state index contributed by atoms with van der Waals surface area (Å²) < 4.78 is 0. The molecular formula is C8H14N2O5. The molecule has 7 nitrogen and oxygen atoms in total. The van der Waals surface area contributed by atoms with Crippen LogP contribution in [-0.4, -0.2) is 66.1 Å². The third-order valence-electron chi connectivity index (χ3n) is 1.55. The summed E-state index contributed by atoms with van der Waals surface area (Å²) in [7, 11) is 0. The molecule has 7 heteroatoms. The molecule has 0 aromatic rings. The van der Waals surface area contributed by atoms with Crippen LogP contribution in [0.4, 0.5) is 0 Å². The number of carbonyl (C=O) groups excluding carboxylic acids is 1. The fraction of sp³-hybridized carbons (Fsp3) is 0.625. The molecule has 0 amide bonds. The van der Waals surface area contributed by atoms with Crippen LogP contribution in [0.1, 0.15) is 0 Å². The Balaban J connectivity index is 3.84. The lowest BCUT2D eigenvalue weighted by molar-refractivity contribution is -0.141. The molecule has 0 spiro atoms. The highest BCUT2D eigenvalue weighted by atomic mass is 16.4. The van der Waals surface area contributed by atoms with E-state index >= 15 is 0 Å². The van der Waals surface area contributed by atoms with Gasteiger partial charge in [0.15, 0.2) is 0 Å². The Morgan fingerprint density at radius 2 is 1.73 bits per heavy atom. The van der Waals surface area contributed by atoms with Gasteiger partial charge in [0.2, 0.25) is 0 Å². The molecule has 15 heavy (non-hydrogen) atoms. The lowest BCUT2D eigenvalue weighted by Gasteiger charge is -2.17. The van der Waals surface area contributed by atoms with Crippen molar-refractivity contribution in [3.63, 3.8) is 0 Å². The molecule has 0 bridgehead atoms. The first-order chi connectivity index (χ1) is 7.06. The molecule has 0 aliphatic rings. The average Bonchev–Trinajstić information content (AvgIpc) is 2.10. The molecule has 0 atom stereocenters. The predicted octanol–water partition coefficient (Wildman–Crippen LogP) is -1.75. The Morgan fingerprint density at radius 1 is 1.20 bits per heavy atom. The molecule has 0 rings (SSSR count). The summed E-state index contributed by atoms with van der Waals surface area (Å²) >= 11 is 0. The zero-order valence-electron chi connectivity index (χ0n) is 8.18. The fourth-order valence-corrected chi connectivity index (χ4v) is 0.995. The van der Waals surface area contributed by atoms with Crippen LogP contribution in [0.25, 0.3) is 0 Å². The first-order valence-electron chi connectivity index (χ1n) is 4.36. The maximum absolute atomic E-state index is 10.4. The van der Waals surface area contributed by atoms with Gasteiger partial charge in [0.1, 0.15) is 6.29 Å². The number of hydrogen-bond acceptors (Lipinski definition) is 5. The van der Waals surface area contributed by atoms with Gasteiger partial charge < -0.3 is 20.3 Å². The molecule has 0 aromatic heterocycles. The van der Waals surface area contributed by atoms with E-state index in [9.17, 15) is 14.4 Å². The number of aliphatic carboxylic acids is 2. The minimum atomic E-state index is -1.08. The van der Waals surface area contributed by atoms with Crippen LogP contribution in [-0.2, 0) is 14.4 Å². The highest BCUT2D eigenvalue weighted by Gasteiger charge is 2.12. The largest absolute Gasteiger partial charge is 0.480 e. The predicted molar refractivity (Wildman–Crippen MR) is 50.6 cm³/mol. The van der Waals surface area contributed by atoms with Crippen molar-refractivity contribution < 1.29 is 24.6 Å². The molecular weight excluding hydrogens is 204 g/mol. The Bertz CT molecular complexity index is 215. The second kappa shape index (κ2) is 7.89. The summed E-state index contributed by atoms with van der Waals surface area (Å²) in [4.78, 5) is 31.9. The van der Waals surface area contributed by atoms with Crippen molar-refractivity contribution in [1.82, 2.24) is 10.2 Å². The monoisotopic (exact) mass is 218 g/mol. The molecule has 0 fully saturated rings. The van der Waals surface area contributed by atoms with E-state index in [2.05, 4.69) is 5.32 Å². The van der Waals surface area contributed by atoms with Crippen molar-refractivity contribution in [3.8, 4) is 0 Å². The van der Waals surface area contributed by atoms with Gasteiger partial charge in [0.25, 0.3) is 0 Å². The van der Waals surface area contributed by atoms with Crippen molar-refractivity contribution in [1.29, 1.82) is 0 Å². The van der Waals surface area contributed by atoms with E-state index < -0.39 is 11.9 Å². The summed E-state index contributed by atoms with van der Waals surface area (Å²) in [6.45, 7) is 0.170. The summed E-state index contributed by atoms with van der Waals surface area (Å²) in [5, 5.41) is 19.7. The maximum Gasteiger partial charge on any atom is 0.317 e. The normalized spacial score (nSPS) is 10.2. The van der Waals surface area contributed by atoms with Gasteiger partial charge in [-0.05, 0) is 0 Å². The number of nitrogens with one attached hydrogen (secondary N) is 1. The highest BCUT2D eigenvalue weighted by molar-refractivity contribution is 5.72. The van der Waals surface area contributed by atoms with Gasteiger partial charge in [0.05, 0.1) is 19.6 Å². The van der Waals surface area contributed by atoms with E-state index in [0.717, 1.165) is 0 Å². The van der Waals surface area contributed by atoms with Gasteiger partial charge in [-0.25, -0.2) is 0 Å². The second-order valence-electron chi connectivity index (χ2n) is 2.87. The molecule has 3 N–H and O–H groups in total. The van der Waals surface area contributed by atoms with Crippen molar-refractivity contribution >= 4 is 18.2 Å². The Hall–Kier alpha value is -1.47. The first kappa shape index (κ1) is 13.5. The van der Waals surface area contributed by atoms with Crippen LogP contribution in [0.3, 0.4) is 0 Å². The lowest BCUT2D eigenvalue weighted by Crippen LogP contribution is -2.39. The van der Waals surface area contributed by atoms with Gasteiger partial charge in [-0.1, -0.05) is 0 Å². The smallest absolute Gasteiger partial charge is 0.317 e. The van der Waals surface area contributed by atoms with Gasteiger partial charge >= 0.3 is 11.9 Å². The minimum Gasteiger partial charge on any atom is -0.480 e. The fourth-order valence-electron chi connectivity index (χ4n) is 0.995. The zero-order valence-corrected chi connectivity index (χ0v) is 8.18. The number of carboxylic acids is 2. The van der Waals surface area contributed by atoms with Crippen LogP contribution < -0.4 is 5.32 Å². The quantitative estimate of drug-likeness (QED) is 0.311. The van der Waals surface area contributed by atoms with Crippen molar-refractivity contribution in [2.45, 2.75) is 0 Å². The molecule has 0 aliphatic heterocycles. The molecule has 0 aliphatic carbocycles. The second-order valence-corrected chi connectivity index (χ2v) is 2.87. The molecule has 0 saturated carbocycles. The Morgan fingerprint density at radius 3 is 2.13 bits per heavy atom. The molecule has 0 unspecified atom stereocenters. The summed E-state index contributed by atoms with van der Waals surface area (Å²) in [5.74, 6) is -2.15. The summed E-state index contributed by atoms with van der Waals surface area (Å²) in [5.41, 5.74) is 0. The van der Waals surface area contributed by atoms with E-state index in [4.69, 9.17) is 10.2 Å². The third kappa shape index (κ3) is 8.85. The number of hydrogen-bond donors (Lipinski definition) is 3. The highest BCUT2D eigenvalue weighted by Crippen LogP contribution is 1.87. The third-order valence-corrected chi connectivity index (χ3v) is 1.55. The van der Waals surface area contributed by atoms with Crippen molar-refractivity contribution in [3.05, 3.63) is 0 Å². The first-order valence-corrected chi connectivity index (χ1v) is 4.36. The van der Waals surface area contributed by atoms with Crippen molar-refractivity contribution in [2.75, 3.05) is 32.7 Å². The minimum absolute atomic E-state index is 0.175. The zero-order chi connectivity index (χ0) is 11.7. The van der Waals surface area contributed by atoms with E-state index in [1.165, 1.54) is 4.90 Å². The number of carboxylic acid groups (broad SMARTS) is 2. The molecule has 0 saturated heterocycles. The van der Waals surface area contributed by atoms with Gasteiger partial charge in [-0.2, -0.15) is 0 Å². The Labute approximate surface area is 86.7 Å². The standard InChI is InChI=1S/C8H14N2O5/c11-4-2-9-1-3-10(5-7(12)13)6-8(14)15/h4,9H,1-3,5-6H2,(H,12,13)(H,14,15). The van der Waals surface area contributed by atoms with Crippen LogP contribution in [0.2, 0.25) is 0 Å². The SMILES string of the molecule is O=CCNCCN(CC(=O)O)CC(=O)O. The topological polar surface area (TPSA) is 107 Å². The summed E-state index contributed by atoms with van der Waals surface area (Å²) in [6.07, 6.45) is 0.679. The van der Waals surface area contributed by atoms with Crippen molar-refractivity contribution in [2.24, 2.45) is 0 Å². The van der Waals surface area contributed by atoms with Crippen LogP contribution in [0.15, 0.2) is 0 Å². The van der Waals surface area contributed by atoms with E-state index in [0.29, 0.717) is 12.8 Å². The lowest BCUT2D eigenvalue weighted by atomic mass is 10.4. The van der Waals surface area contributed by atoms with Gasteiger partial charge in [-0.3, -0.25) is 14.5 Å². The Kier molecular flexibility index (Phi) is 7.12. The number of carbonyl (C=O) groups is 3. The van der Waals surface area contributed by atoms with Crippen LogP contribution in [0.5, 0.6) is 0 Å². The maximum atomic E-state index is 10.4. The molecule has 0 aromatic carbocycles. The molecule has 0 radical (unpaired) electrons. The number of aldehydes is 1. The van der Waals surface area contributed by atoms with Crippen LogP contribution in [0, 0.1) is 0 Å². The van der Waals surface area contributed by atoms with E-state index in [1.807, 2.05) is 0 Å². The van der Waals surface area contributed by atoms with Gasteiger partial charge in [0, 0.05) is 13.1 Å². The summed E-state index contributed by atoms with van der Waals surface area (Å²) in [6, 6.07) is 0. The molecule has 0 heterocycles. The van der Waals surface area contributed by atoms with Gasteiger partial charge in [-0.15, -0.1) is 0 Å². The number of rotatable bonds is 9. The number of nitrogens with zero attached hydrogens (tertiary/aromatic N) is 1. The average molecular weight is 218 g/mol. The van der Waals surface area contributed by atoms with Crippen LogP contribution >= 0.6 is 0 Å². The molecule has 86 valence electrons. The van der Waals surface area contributed by atoms with E-state index in [1.54, 1.807) is 0 Å². The van der Waals surface area contributed by atoms with E-state index in [-0.39, 0.29) is 26.2 Å².